The highest BCUT2D eigenvalue weighted by Crippen LogP contribution is 2.33. The van der Waals surface area contributed by atoms with Crippen molar-refractivity contribution in [3.63, 3.8) is 0 Å². The molecule has 1 aromatic heterocycles. The largest absolute Gasteiger partial charge is 0.336 e. The predicted molar refractivity (Wildman–Crippen MR) is 157 cm³/mol. The molecule has 2 aliphatic carbocycles. The number of aromatic nitrogens is 2. The van der Waals surface area contributed by atoms with Gasteiger partial charge in [0.25, 0.3) is 0 Å². The van der Waals surface area contributed by atoms with Crippen molar-refractivity contribution in [1.82, 2.24) is 19.4 Å². The van der Waals surface area contributed by atoms with Crippen molar-refractivity contribution in [2.45, 2.75) is 95.7 Å². The van der Waals surface area contributed by atoms with E-state index in [1.807, 2.05) is 0 Å². The van der Waals surface area contributed by atoms with E-state index >= 15 is 0 Å². The highest BCUT2D eigenvalue weighted by Gasteiger charge is 2.37. The van der Waals surface area contributed by atoms with E-state index in [0.717, 1.165) is 59.5 Å². The predicted octanol–water partition coefficient (Wildman–Crippen LogP) is 7.49. The Balaban J connectivity index is 1.23. The van der Waals surface area contributed by atoms with Crippen molar-refractivity contribution < 1.29 is 4.79 Å². The van der Waals surface area contributed by atoms with Crippen LogP contribution in [0.1, 0.15) is 82.9 Å². The molecule has 6 rings (SSSR count). The molecule has 3 fully saturated rings. The fourth-order valence-corrected chi connectivity index (χ4v) is 7.51. The summed E-state index contributed by atoms with van der Waals surface area (Å²) in [5.74, 6) is 1.62. The fraction of sp³-hybridized carbons (Fsp3) is 0.562. The lowest BCUT2D eigenvalue weighted by Gasteiger charge is -2.44. The number of carbonyl (C=O) groups excluding carboxylic acids is 1. The number of benzene rings is 2. The summed E-state index contributed by atoms with van der Waals surface area (Å²) in [5, 5.41) is 0. The first-order valence-electron chi connectivity index (χ1n) is 14.9. The quantitative estimate of drug-likeness (QED) is 0.305. The van der Waals surface area contributed by atoms with E-state index < -0.39 is 0 Å². The van der Waals surface area contributed by atoms with Crippen LogP contribution in [0.2, 0.25) is 0 Å². The zero-order valence-electron chi connectivity index (χ0n) is 22.5. The average molecular weight is 578 g/mol. The number of hydrogen-bond donors (Lipinski definition) is 0. The van der Waals surface area contributed by atoms with Crippen LogP contribution in [0.25, 0.3) is 16.7 Å². The standard InChI is InChI=1S/C32H41BrN4O/c33-25-17-19-28(20-18-25)37-30-16-8-7-15-29(30)34-31(37)23-35-21-9-10-24(22-35)32(38)36(26-11-3-1-4-12-26)27-13-5-2-6-14-27/h7-8,15-20,24,26-27H,1-6,9-14,21-23H2/t24-/m0/s1. The monoisotopic (exact) mass is 576 g/mol. The van der Waals surface area contributed by atoms with E-state index in [4.69, 9.17) is 4.98 Å². The number of halogens is 1. The first kappa shape index (κ1) is 26.1. The van der Waals surface area contributed by atoms with Crippen LogP contribution in [0.4, 0.5) is 0 Å². The van der Waals surface area contributed by atoms with Gasteiger partial charge in [0.1, 0.15) is 5.82 Å². The molecule has 0 N–H and O–H groups in total. The second kappa shape index (κ2) is 11.9. The molecule has 0 radical (unpaired) electrons. The van der Waals surface area contributed by atoms with Crippen LogP contribution in [0.5, 0.6) is 0 Å². The molecule has 1 saturated heterocycles. The number of amides is 1. The van der Waals surface area contributed by atoms with Crippen molar-refractivity contribution in [3.05, 3.63) is 58.8 Å². The molecule has 5 nitrogen and oxygen atoms in total. The number of para-hydroxylation sites is 2. The molecule has 6 heteroatoms. The molecule has 38 heavy (non-hydrogen) atoms. The summed E-state index contributed by atoms with van der Waals surface area (Å²) in [5.41, 5.74) is 3.29. The van der Waals surface area contributed by atoms with Gasteiger partial charge in [-0.3, -0.25) is 14.3 Å². The van der Waals surface area contributed by atoms with Gasteiger partial charge in [-0.15, -0.1) is 0 Å². The molecule has 2 aromatic carbocycles. The van der Waals surface area contributed by atoms with Crippen LogP contribution in [-0.2, 0) is 11.3 Å². The number of imidazole rings is 1. The van der Waals surface area contributed by atoms with Crippen molar-refractivity contribution in [2.75, 3.05) is 13.1 Å². The molecule has 2 saturated carbocycles. The van der Waals surface area contributed by atoms with Gasteiger partial charge in [0.15, 0.2) is 0 Å². The number of rotatable bonds is 6. The lowest BCUT2D eigenvalue weighted by atomic mass is 9.86. The first-order valence-corrected chi connectivity index (χ1v) is 15.7. The fourth-order valence-electron chi connectivity index (χ4n) is 7.25. The maximum Gasteiger partial charge on any atom is 0.227 e. The lowest BCUT2D eigenvalue weighted by Crippen LogP contribution is -2.53. The van der Waals surface area contributed by atoms with Gasteiger partial charge in [-0.2, -0.15) is 0 Å². The first-order chi connectivity index (χ1) is 18.7. The van der Waals surface area contributed by atoms with Gasteiger partial charge in [-0.05, 0) is 81.5 Å². The maximum absolute atomic E-state index is 14.2. The molecular weight excluding hydrogens is 536 g/mol. The van der Waals surface area contributed by atoms with Crippen molar-refractivity contribution in [3.8, 4) is 5.69 Å². The topological polar surface area (TPSA) is 41.4 Å². The second-order valence-electron chi connectivity index (χ2n) is 11.7. The van der Waals surface area contributed by atoms with E-state index in [1.165, 1.54) is 64.2 Å². The van der Waals surface area contributed by atoms with Crippen LogP contribution in [0.3, 0.4) is 0 Å². The third-order valence-corrected chi connectivity index (χ3v) is 9.65. The summed E-state index contributed by atoms with van der Waals surface area (Å²) in [6.07, 6.45) is 14.7. The smallest absolute Gasteiger partial charge is 0.227 e. The van der Waals surface area contributed by atoms with Crippen molar-refractivity contribution in [2.24, 2.45) is 5.92 Å². The van der Waals surface area contributed by atoms with Gasteiger partial charge in [0.05, 0.1) is 23.5 Å². The highest BCUT2D eigenvalue weighted by molar-refractivity contribution is 9.10. The van der Waals surface area contributed by atoms with Crippen LogP contribution >= 0.6 is 15.9 Å². The van der Waals surface area contributed by atoms with E-state index in [9.17, 15) is 4.79 Å². The Bertz CT molecular complexity index is 1210. The Morgan fingerprint density at radius 2 is 1.50 bits per heavy atom. The molecule has 3 aliphatic rings. The molecule has 1 aliphatic heterocycles. The molecule has 0 spiro atoms. The van der Waals surface area contributed by atoms with Gasteiger partial charge in [-0.1, -0.05) is 66.6 Å². The van der Waals surface area contributed by atoms with Gasteiger partial charge in [0.2, 0.25) is 5.91 Å². The number of likely N-dealkylation sites (tertiary alicyclic amines) is 1. The zero-order chi connectivity index (χ0) is 25.9. The summed E-state index contributed by atoms with van der Waals surface area (Å²) >= 11 is 3.58. The van der Waals surface area contributed by atoms with E-state index in [-0.39, 0.29) is 5.92 Å². The Labute approximate surface area is 235 Å². The lowest BCUT2D eigenvalue weighted by molar-refractivity contribution is -0.144. The minimum absolute atomic E-state index is 0.109. The summed E-state index contributed by atoms with van der Waals surface area (Å²) < 4.78 is 3.37. The number of fused-ring (bicyclic) bond motifs is 1. The SMILES string of the molecule is O=C([C@H]1CCCN(Cc2nc3ccccc3n2-c2ccc(Br)cc2)C1)N(C1CCCCC1)C1CCCCC1. The molecular formula is C32H41BrN4O. The van der Waals surface area contributed by atoms with Gasteiger partial charge < -0.3 is 4.90 Å². The molecule has 1 amide bonds. The Kier molecular flexibility index (Phi) is 8.17. The van der Waals surface area contributed by atoms with Crippen LogP contribution in [0, 0.1) is 5.92 Å². The summed E-state index contributed by atoms with van der Waals surface area (Å²) in [7, 11) is 0. The minimum Gasteiger partial charge on any atom is -0.336 e. The van der Waals surface area contributed by atoms with Crippen LogP contribution in [0.15, 0.2) is 53.0 Å². The third kappa shape index (κ3) is 5.58. The number of carbonyl (C=O) groups is 1. The van der Waals surface area contributed by atoms with Crippen LogP contribution < -0.4 is 0 Å². The maximum atomic E-state index is 14.2. The number of piperidine rings is 1. The third-order valence-electron chi connectivity index (χ3n) is 9.13. The van der Waals surface area contributed by atoms with E-state index in [1.54, 1.807) is 0 Å². The van der Waals surface area contributed by atoms with Crippen molar-refractivity contribution >= 4 is 32.9 Å². The van der Waals surface area contributed by atoms with E-state index in [0.29, 0.717) is 18.0 Å². The average Bonchev–Trinajstić information content (AvgIpc) is 3.32. The van der Waals surface area contributed by atoms with E-state index in [2.05, 4.69) is 78.8 Å². The van der Waals surface area contributed by atoms with Crippen molar-refractivity contribution in [1.29, 1.82) is 0 Å². The Morgan fingerprint density at radius 3 is 2.18 bits per heavy atom. The minimum atomic E-state index is 0.109. The Morgan fingerprint density at radius 1 is 0.842 bits per heavy atom. The van der Waals surface area contributed by atoms with Gasteiger partial charge >= 0.3 is 0 Å². The van der Waals surface area contributed by atoms with Crippen LogP contribution in [-0.4, -0.2) is 50.4 Å². The molecule has 202 valence electrons. The molecule has 0 unspecified atom stereocenters. The number of nitrogens with zero attached hydrogens (tertiary/aromatic N) is 4. The zero-order valence-corrected chi connectivity index (χ0v) is 24.1. The molecule has 3 aromatic rings. The highest BCUT2D eigenvalue weighted by atomic mass is 79.9. The van der Waals surface area contributed by atoms with Gasteiger partial charge in [0, 0.05) is 28.8 Å². The molecule has 1 atom stereocenters. The normalized spacial score (nSPS) is 22.1. The number of hydrogen-bond acceptors (Lipinski definition) is 3. The molecule has 0 bridgehead atoms. The molecule has 2 heterocycles. The summed E-state index contributed by atoms with van der Waals surface area (Å²) in [4.78, 5) is 24.2. The van der Waals surface area contributed by atoms with Gasteiger partial charge in [-0.25, -0.2) is 4.98 Å². The second-order valence-corrected chi connectivity index (χ2v) is 12.6. The summed E-state index contributed by atoms with van der Waals surface area (Å²) in [6.45, 7) is 2.64. The summed E-state index contributed by atoms with van der Waals surface area (Å²) in [6, 6.07) is 17.8. The Hall–Kier alpha value is -2.18.